The molecular weight excluding hydrogens is 439 g/mol. The molecule has 0 fully saturated rings. The molecule has 0 aliphatic carbocycles. The van der Waals surface area contributed by atoms with E-state index in [1.807, 2.05) is 30.3 Å². The van der Waals surface area contributed by atoms with Gasteiger partial charge in [-0.1, -0.05) is 41.4 Å². The normalized spacial score (nSPS) is 10.9. The Balaban J connectivity index is 1.98. The number of primary amides is 1. The van der Waals surface area contributed by atoms with Gasteiger partial charge in [0.1, 0.15) is 23.3 Å². The predicted molar refractivity (Wildman–Crippen MR) is 119 cm³/mol. The largest absolute Gasteiger partial charge is 0.384 e. The van der Waals surface area contributed by atoms with Crippen molar-refractivity contribution in [1.82, 2.24) is 14.5 Å². The quantitative estimate of drug-likeness (QED) is 0.434. The van der Waals surface area contributed by atoms with Crippen molar-refractivity contribution in [2.24, 2.45) is 5.73 Å². The number of amides is 1. The van der Waals surface area contributed by atoms with Crippen molar-refractivity contribution in [3.05, 3.63) is 79.8 Å². The van der Waals surface area contributed by atoms with Crippen molar-refractivity contribution in [1.29, 1.82) is 5.26 Å². The maximum absolute atomic E-state index is 13.2. The molecule has 2 aromatic carbocycles. The third-order valence-electron chi connectivity index (χ3n) is 4.81. The number of benzene rings is 2. The van der Waals surface area contributed by atoms with Crippen molar-refractivity contribution in [3.8, 4) is 17.2 Å². The number of aromatic nitrogens is 3. The Bertz CT molecular complexity index is 1430. The lowest BCUT2D eigenvalue weighted by atomic mass is 9.95. The summed E-state index contributed by atoms with van der Waals surface area (Å²) >= 11 is 12.2. The van der Waals surface area contributed by atoms with E-state index in [1.165, 1.54) is 18.2 Å². The number of anilines is 1. The second-order valence-electron chi connectivity index (χ2n) is 6.70. The highest BCUT2D eigenvalue weighted by Gasteiger charge is 2.26. The molecule has 1 amide bonds. The Morgan fingerprint density at radius 3 is 2.61 bits per heavy atom. The number of imidazole rings is 1. The van der Waals surface area contributed by atoms with Gasteiger partial charge in [0.2, 0.25) is 0 Å². The Hall–Kier alpha value is -3.80. The topological polar surface area (TPSA) is 144 Å². The molecule has 0 saturated heterocycles. The minimum Gasteiger partial charge on any atom is -0.384 e. The van der Waals surface area contributed by atoms with E-state index in [2.05, 4.69) is 9.97 Å². The predicted octanol–water partition coefficient (Wildman–Crippen LogP) is 3.30. The number of halogens is 2. The van der Waals surface area contributed by atoms with Gasteiger partial charge in [-0.05, 0) is 24.3 Å². The lowest BCUT2D eigenvalue weighted by molar-refractivity contribution is 0.100. The Kier molecular flexibility index (Phi) is 5.15. The van der Waals surface area contributed by atoms with Gasteiger partial charge >= 0.3 is 0 Å². The number of nitriles is 1. The molecule has 8 nitrogen and oxygen atoms in total. The van der Waals surface area contributed by atoms with Crippen molar-refractivity contribution < 1.29 is 4.79 Å². The van der Waals surface area contributed by atoms with Crippen LogP contribution < -0.4 is 17.0 Å². The maximum Gasteiger partial charge on any atom is 0.271 e. The Morgan fingerprint density at radius 2 is 1.97 bits per heavy atom. The van der Waals surface area contributed by atoms with Crippen LogP contribution in [0.4, 0.5) is 5.82 Å². The van der Waals surface area contributed by atoms with Crippen molar-refractivity contribution in [2.75, 3.05) is 5.73 Å². The third kappa shape index (κ3) is 3.50. The summed E-state index contributed by atoms with van der Waals surface area (Å²) in [6.07, 6.45) is 0. The molecule has 10 heteroatoms. The first-order chi connectivity index (χ1) is 14.8. The molecule has 31 heavy (non-hydrogen) atoms. The monoisotopic (exact) mass is 452 g/mol. The Morgan fingerprint density at radius 1 is 1.23 bits per heavy atom. The van der Waals surface area contributed by atoms with E-state index in [0.717, 1.165) is 10.1 Å². The summed E-state index contributed by atoms with van der Waals surface area (Å²) in [7, 11) is 0. The first-order valence-corrected chi connectivity index (χ1v) is 9.72. The molecule has 0 unspecified atom stereocenters. The van der Waals surface area contributed by atoms with Gasteiger partial charge in [0, 0.05) is 21.2 Å². The van der Waals surface area contributed by atoms with Crippen LogP contribution in [0, 0.1) is 11.3 Å². The second kappa shape index (κ2) is 7.80. The number of nitrogen functional groups attached to an aromatic ring is 1. The molecule has 5 N–H and O–H groups in total. The van der Waals surface area contributed by atoms with E-state index in [1.54, 1.807) is 0 Å². The second-order valence-corrected chi connectivity index (χ2v) is 7.55. The molecule has 154 valence electrons. The number of nitrogens with two attached hydrogens (primary N) is 2. The summed E-state index contributed by atoms with van der Waals surface area (Å²) in [5, 5.41) is 10.2. The van der Waals surface area contributed by atoms with Gasteiger partial charge in [0.05, 0.1) is 23.1 Å². The van der Waals surface area contributed by atoms with Gasteiger partial charge in [-0.3, -0.25) is 14.2 Å². The van der Waals surface area contributed by atoms with Crippen molar-refractivity contribution >= 4 is 46.0 Å². The number of nitrogens with one attached hydrogen (secondary N) is 1. The SMILES string of the molecule is N#Cc1c(-c2ccc(Cl)cc2Cl)c(C(N)=O)c(N)n(Cc2nc3ccccc3[nH]2)c1=O. The fourth-order valence-corrected chi connectivity index (χ4v) is 3.94. The van der Waals surface area contributed by atoms with E-state index < -0.39 is 11.5 Å². The fourth-order valence-electron chi connectivity index (χ4n) is 3.44. The number of fused-ring (bicyclic) bond motifs is 1. The minimum atomic E-state index is -0.909. The van der Waals surface area contributed by atoms with Crippen LogP contribution in [-0.4, -0.2) is 20.4 Å². The highest BCUT2D eigenvalue weighted by atomic mass is 35.5. The van der Waals surface area contributed by atoms with Gasteiger partial charge in [-0.25, -0.2) is 4.98 Å². The summed E-state index contributed by atoms with van der Waals surface area (Å²) in [4.78, 5) is 33.0. The summed E-state index contributed by atoms with van der Waals surface area (Å²) in [5.74, 6) is -0.682. The average Bonchev–Trinajstić information content (AvgIpc) is 3.13. The van der Waals surface area contributed by atoms with E-state index in [4.69, 9.17) is 34.7 Å². The van der Waals surface area contributed by atoms with Crippen LogP contribution >= 0.6 is 23.2 Å². The molecule has 0 spiro atoms. The number of para-hydroxylation sites is 2. The van der Waals surface area contributed by atoms with Gasteiger partial charge in [-0.2, -0.15) is 5.26 Å². The maximum atomic E-state index is 13.2. The zero-order valence-corrected chi connectivity index (χ0v) is 17.3. The van der Waals surface area contributed by atoms with Crippen LogP contribution in [0.25, 0.3) is 22.2 Å². The number of hydrogen-bond acceptors (Lipinski definition) is 5. The first kappa shape index (κ1) is 20.5. The summed E-state index contributed by atoms with van der Waals surface area (Å²) in [6, 6.07) is 13.6. The molecular formula is C21H14Cl2N6O2. The van der Waals surface area contributed by atoms with Gasteiger partial charge in [-0.15, -0.1) is 0 Å². The fraction of sp³-hybridized carbons (Fsp3) is 0.0476. The number of aromatic amines is 1. The lowest BCUT2D eigenvalue weighted by Gasteiger charge is -2.17. The number of rotatable bonds is 4. The van der Waals surface area contributed by atoms with Crippen molar-refractivity contribution in [2.45, 2.75) is 6.54 Å². The van der Waals surface area contributed by atoms with E-state index in [9.17, 15) is 14.9 Å². The van der Waals surface area contributed by atoms with Gasteiger partial charge in [0.15, 0.2) is 0 Å². The van der Waals surface area contributed by atoms with E-state index >= 15 is 0 Å². The van der Waals surface area contributed by atoms with E-state index in [0.29, 0.717) is 16.4 Å². The van der Waals surface area contributed by atoms with Gasteiger partial charge in [0.25, 0.3) is 11.5 Å². The van der Waals surface area contributed by atoms with Crippen LogP contribution in [-0.2, 0) is 6.54 Å². The molecule has 0 radical (unpaired) electrons. The van der Waals surface area contributed by atoms with Crippen LogP contribution in [0.15, 0.2) is 47.3 Å². The summed E-state index contributed by atoms with van der Waals surface area (Å²) in [6.45, 7) is -0.0943. The molecule has 2 heterocycles. The minimum absolute atomic E-state index is 0.0278. The number of carbonyl (C=O) groups is 1. The standard InChI is InChI=1S/C21H14Cl2N6O2/c22-10-5-6-11(13(23)7-10)17-12(8-24)21(31)29(19(25)18(17)20(26)30)9-16-27-14-3-1-2-4-15(14)28-16/h1-7H,9,25H2,(H2,26,30)(H,27,28). The number of pyridine rings is 1. The number of H-pyrrole nitrogens is 1. The molecule has 0 atom stereocenters. The average molecular weight is 453 g/mol. The van der Waals surface area contributed by atoms with Crippen LogP contribution in [0.2, 0.25) is 10.0 Å². The van der Waals surface area contributed by atoms with Crippen LogP contribution in [0.1, 0.15) is 21.7 Å². The highest BCUT2D eigenvalue weighted by Crippen LogP contribution is 2.35. The Labute approximate surface area is 185 Å². The first-order valence-electron chi connectivity index (χ1n) is 8.97. The number of nitrogens with zero attached hydrogens (tertiary/aromatic N) is 3. The molecule has 0 saturated carbocycles. The zero-order valence-electron chi connectivity index (χ0n) is 15.8. The molecule has 4 aromatic rings. The molecule has 0 aliphatic heterocycles. The third-order valence-corrected chi connectivity index (χ3v) is 5.36. The molecule has 0 bridgehead atoms. The van der Waals surface area contributed by atoms with Crippen molar-refractivity contribution in [3.63, 3.8) is 0 Å². The molecule has 2 aromatic heterocycles. The zero-order chi connectivity index (χ0) is 22.3. The lowest BCUT2D eigenvalue weighted by Crippen LogP contribution is -2.31. The molecule has 4 rings (SSSR count). The van der Waals surface area contributed by atoms with E-state index in [-0.39, 0.29) is 39.6 Å². The van der Waals surface area contributed by atoms with Gasteiger partial charge < -0.3 is 16.5 Å². The smallest absolute Gasteiger partial charge is 0.271 e. The summed E-state index contributed by atoms with van der Waals surface area (Å²) < 4.78 is 1.09. The summed E-state index contributed by atoms with van der Waals surface area (Å²) in [5.41, 5.74) is 12.3. The van der Waals surface area contributed by atoms with Crippen LogP contribution in [0.3, 0.4) is 0 Å². The number of hydrogen-bond donors (Lipinski definition) is 3. The van der Waals surface area contributed by atoms with Crippen LogP contribution in [0.5, 0.6) is 0 Å². The highest BCUT2D eigenvalue weighted by molar-refractivity contribution is 6.36. The molecule has 0 aliphatic rings. The number of carbonyl (C=O) groups excluding carboxylic acids is 1.